The summed E-state index contributed by atoms with van der Waals surface area (Å²) >= 11 is 0. The molecule has 0 radical (unpaired) electrons. The number of halogens is 4. The van der Waals surface area contributed by atoms with E-state index in [4.69, 9.17) is 0 Å². The predicted octanol–water partition coefficient (Wildman–Crippen LogP) is 2.80. The van der Waals surface area contributed by atoms with Gasteiger partial charge in [0.2, 0.25) is 0 Å². The van der Waals surface area contributed by atoms with Gasteiger partial charge in [-0.25, -0.2) is 4.39 Å². The number of nitrogens with zero attached hydrogens (tertiary/aromatic N) is 1. The van der Waals surface area contributed by atoms with Crippen LogP contribution in [0.1, 0.15) is 24.0 Å². The van der Waals surface area contributed by atoms with Crippen LogP contribution in [0.3, 0.4) is 0 Å². The zero-order chi connectivity index (χ0) is 14.0. The minimum atomic E-state index is -4.56. The summed E-state index contributed by atoms with van der Waals surface area (Å²) in [6.07, 6.45) is -3.63. The zero-order valence-electron chi connectivity index (χ0n) is 10.3. The third-order valence-electron chi connectivity index (χ3n) is 3.25. The van der Waals surface area contributed by atoms with E-state index in [0.717, 1.165) is 12.5 Å². The van der Waals surface area contributed by atoms with Gasteiger partial charge in [0, 0.05) is 13.1 Å². The molecule has 106 valence electrons. The lowest BCUT2D eigenvalue weighted by atomic mass is 10.0. The topological polar surface area (TPSA) is 23.5 Å². The number of alkyl halides is 3. The molecular weight excluding hydrogens is 262 g/mol. The van der Waals surface area contributed by atoms with Crippen molar-refractivity contribution in [2.75, 3.05) is 13.1 Å². The lowest BCUT2D eigenvalue weighted by Gasteiger charge is -2.30. The van der Waals surface area contributed by atoms with Crippen molar-refractivity contribution in [2.24, 2.45) is 0 Å². The minimum Gasteiger partial charge on any atom is -0.392 e. The fourth-order valence-corrected chi connectivity index (χ4v) is 2.37. The van der Waals surface area contributed by atoms with E-state index in [0.29, 0.717) is 25.6 Å². The van der Waals surface area contributed by atoms with Crippen LogP contribution in [0, 0.1) is 5.82 Å². The Morgan fingerprint density at radius 3 is 2.68 bits per heavy atom. The first-order valence-corrected chi connectivity index (χ1v) is 6.12. The van der Waals surface area contributed by atoms with Crippen LogP contribution in [0.15, 0.2) is 18.2 Å². The van der Waals surface area contributed by atoms with Gasteiger partial charge in [-0.3, -0.25) is 4.90 Å². The molecule has 2 nitrogen and oxygen atoms in total. The van der Waals surface area contributed by atoms with E-state index in [-0.39, 0.29) is 12.1 Å². The van der Waals surface area contributed by atoms with Gasteiger partial charge in [0.15, 0.2) is 0 Å². The second kappa shape index (κ2) is 5.46. The summed E-state index contributed by atoms with van der Waals surface area (Å²) in [5.74, 6) is -0.894. The van der Waals surface area contributed by atoms with E-state index in [2.05, 4.69) is 0 Å². The first kappa shape index (κ1) is 14.3. The number of piperidine rings is 1. The second-order valence-corrected chi connectivity index (χ2v) is 4.83. The van der Waals surface area contributed by atoms with Gasteiger partial charge in [0.25, 0.3) is 0 Å². The Kier molecular flexibility index (Phi) is 4.10. The van der Waals surface area contributed by atoms with Crippen molar-refractivity contribution in [2.45, 2.75) is 31.7 Å². The van der Waals surface area contributed by atoms with E-state index in [1.54, 1.807) is 4.90 Å². The Labute approximate surface area is 108 Å². The molecule has 6 heteroatoms. The molecule has 0 amide bonds. The highest BCUT2D eigenvalue weighted by molar-refractivity contribution is 5.30. The van der Waals surface area contributed by atoms with Crippen LogP contribution in [0.4, 0.5) is 17.6 Å². The van der Waals surface area contributed by atoms with Crippen LogP contribution in [0.25, 0.3) is 0 Å². The Bertz CT molecular complexity index is 447. The highest BCUT2D eigenvalue weighted by Gasteiger charge is 2.34. The second-order valence-electron chi connectivity index (χ2n) is 4.83. The van der Waals surface area contributed by atoms with Gasteiger partial charge >= 0.3 is 6.18 Å². The van der Waals surface area contributed by atoms with Crippen molar-refractivity contribution in [1.29, 1.82) is 0 Å². The summed E-state index contributed by atoms with van der Waals surface area (Å²) < 4.78 is 51.4. The average Bonchev–Trinajstić information content (AvgIpc) is 2.30. The van der Waals surface area contributed by atoms with Gasteiger partial charge in [0.05, 0.1) is 11.7 Å². The van der Waals surface area contributed by atoms with Crippen molar-refractivity contribution in [3.05, 3.63) is 35.1 Å². The molecule has 0 bridgehead atoms. The van der Waals surface area contributed by atoms with Crippen molar-refractivity contribution in [3.63, 3.8) is 0 Å². The van der Waals surface area contributed by atoms with Crippen molar-refractivity contribution >= 4 is 0 Å². The largest absolute Gasteiger partial charge is 0.416 e. The van der Waals surface area contributed by atoms with Gasteiger partial charge < -0.3 is 5.11 Å². The number of β-amino-alcohol motifs (C(OH)–C–C–N with tert-alkyl or cyclic N) is 1. The number of benzene rings is 1. The molecule has 1 fully saturated rings. The predicted molar refractivity (Wildman–Crippen MR) is 61.9 cm³/mol. The molecule has 2 rings (SSSR count). The van der Waals surface area contributed by atoms with Crippen LogP contribution >= 0.6 is 0 Å². The van der Waals surface area contributed by atoms with Gasteiger partial charge in [-0.1, -0.05) is 6.07 Å². The lowest BCUT2D eigenvalue weighted by molar-refractivity contribution is -0.138. The van der Waals surface area contributed by atoms with Gasteiger partial charge in [0.1, 0.15) is 5.82 Å². The van der Waals surface area contributed by atoms with Crippen LogP contribution in [-0.4, -0.2) is 29.2 Å². The molecule has 1 saturated heterocycles. The monoisotopic (exact) mass is 277 g/mol. The number of aliphatic hydroxyl groups is 1. The fraction of sp³-hybridized carbons (Fsp3) is 0.538. The smallest absolute Gasteiger partial charge is 0.392 e. The number of likely N-dealkylation sites (tertiary alicyclic amines) is 1. The maximum absolute atomic E-state index is 13.0. The summed E-state index contributed by atoms with van der Waals surface area (Å²) in [5.41, 5.74) is -0.893. The Balaban J connectivity index is 2.20. The Hall–Kier alpha value is -1.14. The number of rotatable bonds is 2. The SMILES string of the molecule is OC1CCCN(Cc2ccc(F)cc2C(F)(F)F)C1. The first-order valence-electron chi connectivity index (χ1n) is 6.12. The summed E-state index contributed by atoms with van der Waals surface area (Å²) in [7, 11) is 0. The Morgan fingerprint density at radius 1 is 1.32 bits per heavy atom. The third-order valence-corrected chi connectivity index (χ3v) is 3.25. The molecule has 0 aromatic heterocycles. The molecule has 1 aliphatic rings. The van der Waals surface area contributed by atoms with Crippen LogP contribution in [0.5, 0.6) is 0 Å². The normalized spacial score (nSPS) is 21.6. The molecule has 19 heavy (non-hydrogen) atoms. The summed E-state index contributed by atoms with van der Waals surface area (Å²) in [5, 5.41) is 9.51. The average molecular weight is 277 g/mol. The minimum absolute atomic E-state index is 0.0444. The summed E-state index contributed by atoms with van der Waals surface area (Å²) in [4.78, 5) is 1.76. The van der Waals surface area contributed by atoms with Gasteiger partial charge in [-0.05, 0) is 37.1 Å². The van der Waals surface area contributed by atoms with Gasteiger partial charge in [-0.15, -0.1) is 0 Å². The molecule has 1 atom stereocenters. The quantitative estimate of drug-likeness (QED) is 0.840. The maximum Gasteiger partial charge on any atom is 0.416 e. The van der Waals surface area contributed by atoms with E-state index in [9.17, 15) is 22.7 Å². The molecule has 0 aliphatic carbocycles. The molecule has 1 unspecified atom stereocenters. The molecule has 1 N–H and O–H groups in total. The van der Waals surface area contributed by atoms with Crippen molar-refractivity contribution in [1.82, 2.24) is 4.90 Å². The third kappa shape index (κ3) is 3.67. The van der Waals surface area contributed by atoms with E-state index < -0.39 is 23.7 Å². The van der Waals surface area contributed by atoms with Crippen LogP contribution in [-0.2, 0) is 12.7 Å². The van der Waals surface area contributed by atoms with Crippen LogP contribution < -0.4 is 0 Å². The Morgan fingerprint density at radius 2 is 2.05 bits per heavy atom. The van der Waals surface area contributed by atoms with E-state index in [1.807, 2.05) is 0 Å². The summed E-state index contributed by atoms with van der Waals surface area (Å²) in [6, 6.07) is 2.72. The van der Waals surface area contributed by atoms with Gasteiger partial charge in [-0.2, -0.15) is 13.2 Å². The fourth-order valence-electron chi connectivity index (χ4n) is 2.37. The molecule has 1 aromatic carbocycles. The number of hydrogen-bond acceptors (Lipinski definition) is 2. The molecular formula is C13H15F4NO. The molecule has 0 saturated carbocycles. The van der Waals surface area contributed by atoms with E-state index in [1.165, 1.54) is 6.07 Å². The highest BCUT2D eigenvalue weighted by Crippen LogP contribution is 2.33. The highest BCUT2D eigenvalue weighted by atomic mass is 19.4. The summed E-state index contributed by atoms with van der Waals surface area (Å²) in [6.45, 7) is 1.08. The lowest BCUT2D eigenvalue weighted by Crippen LogP contribution is -2.38. The zero-order valence-corrected chi connectivity index (χ0v) is 10.3. The molecule has 1 aromatic rings. The number of aliphatic hydroxyl groups excluding tert-OH is 1. The molecule has 1 aliphatic heterocycles. The maximum atomic E-state index is 13.0. The van der Waals surface area contributed by atoms with E-state index >= 15 is 0 Å². The standard InChI is InChI=1S/C13H15F4NO/c14-10-4-3-9(12(6-10)13(15,16)17)7-18-5-1-2-11(19)8-18/h3-4,6,11,19H,1-2,5,7-8H2. The van der Waals surface area contributed by atoms with Crippen molar-refractivity contribution < 1.29 is 22.7 Å². The van der Waals surface area contributed by atoms with Crippen LogP contribution in [0.2, 0.25) is 0 Å². The first-order chi connectivity index (χ1) is 8.86. The van der Waals surface area contributed by atoms with Crippen molar-refractivity contribution in [3.8, 4) is 0 Å². The molecule has 0 spiro atoms. The number of hydrogen-bond donors (Lipinski definition) is 1. The molecule has 1 heterocycles.